The van der Waals surface area contributed by atoms with Gasteiger partial charge in [-0.15, -0.1) is 11.3 Å². The number of nitrogens with one attached hydrogen (secondary N) is 1. The van der Waals surface area contributed by atoms with E-state index in [4.69, 9.17) is 4.98 Å². The Morgan fingerprint density at radius 3 is 2.52 bits per heavy atom. The molecule has 0 amide bonds. The van der Waals surface area contributed by atoms with Crippen LogP contribution in [0.5, 0.6) is 0 Å². The summed E-state index contributed by atoms with van der Waals surface area (Å²) < 4.78 is 0. The zero-order valence-corrected chi connectivity index (χ0v) is 15.4. The zero-order valence-electron chi connectivity index (χ0n) is 14.6. The third-order valence-corrected chi connectivity index (χ3v) is 5.00. The van der Waals surface area contributed by atoms with Gasteiger partial charge in [-0.05, 0) is 60.8 Å². The number of hydrogen-bond donors (Lipinski definition) is 1. The van der Waals surface area contributed by atoms with Crippen molar-refractivity contribution in [3.63, 3.8) is 0 Å². The molecule has 0 aliphatic carbocycles. The third kappa shape index (κ3) is 5.93. The highest BCUT2D eigenvalue weighted by molar-refractivity contribution is 7.15. The molecule has 4 nitrogen and oxygen atoms in total. The lowest BCUT2D eigenvalue weighted by atomic mass is 10.2. The summed E-state index contributed by atoms with van der Waals surface area (Å²) in [4.78, 5) is 10.8. The number of rotatable bonds is 10. The van der Waals surface area contributed by atoms with Crippen LogP contribution < -0.4 is 10.2 Å². The van der Waals surface area contributed by atoms with Crippen molar-refractivity contribution in [2.75, 3.05) is 45.2 Å². The fourth-order valence-corrected chi connectivity index (χ4v) is 3.53. The molecule has 1 atom stereocenters. The Morgan fingerprint density at radius 2 is 1.95 bits per heavy atom. The largest absolute Gasteiger partial charge is 0.348 e. The van der Waals surface area contributed by atoms with Crippen molar-refractivity contribution in [2.24, 2.45) is 0 Å². The minimum Gasteiger partial charge on any atom is -0.348 e. The van der Waals surface area contributed by atoms with Crippen LogP contribution in [0.15, 0.2) is 0 Å². The van der Waals surface area contributed by atoms with Crippen LogP contribution in [0.25, 0.3) is 0 Å². The van der Waals surface area contributed by atoms with E-state index in [1.165, 1.54) is 28.5 Å². The van der Waals surface area contributed by atoms with Crippen molar-refractivity contribution in [1.82, 2.24) is 15.2 Å². The minimum absolute atomic E-state index is 0.400. The maximum Gasteiger partial charge on any atom is 0.185 e. The average Bonchev–Trinajstić information content (AvgIpc) is 2.82. The fraction of sp³-hybridized carbons (Fsp3) is 0.812. The molecule has 0 saturated heterocycles. The first kappa shape index (κ1) is 18.4. The summed E-state index contributed by atoms with van der Waals surface area (Å²) in [5.74, 6) is 0. The van der Waals surface area contributed by atoms with Gasteiger partial charge in [0, 0.05) is 24.0 Å². The first-order chi connectivity index (χ1) is 9.99. The SMILES string of the molecule is CCCNC(C)c1sc(N(CC)CCCN(C)C)nc1C. The molecule has 1 unspecified atom stereocenters. The number of hydrogen-bond acceptors (Lipinski definition) is 5. The summed E-state index contributed by atoms with van der Waals surface area (Å²) in [7, 11) is 4.26. The second-order valence-electron chi connectivity index (χ2n) is 5.86. The number of aryl methyl sites for hydroxylation is 1. The van der Waals surface area contributed by atoms with Gasteiger partial charge in [-0.2, -0.15) is 0 Å². The molecule has 1 aromatic rings. The van der Waals surface area contributed by atoms with Crippen LogP contribution in [0.4, 0.5) is 5.13 Å². The first-order valence-electron chi connectivity index (χ1n) is 8.09. The first-order valence-corrected chi connectivity index (χ1v) is 8.91. The van der Waals surface area contributed by atoms with Crippen molar-refractivity contribution in [1.29, 1.82) is 0 Å². The summed E-state index contributed by atoms with van der Waals surface area (Å²) in [6.45, 7) is 13.1. The molecule has 0 aliphatic rings. The van der Waals surface area contributed by atoms with Crippen molar-refractivity contribution < 1.29 is 0 Å². The third-order valence-electron chi connectivity index (χ3n) is 3.60. The Labute approximate surface area is 134 Å². The van der Waals surface area contributed by atoms with Gasteiger partial charge in [-0.1, -0.05) is 6.92 Å². The summed E-state index contributed by atoms with van der Waals surface area (Å²) in [6, 6.07) is 0.400. The van der Waals surface area contributed by atoms with Crippen LogP contribution in [0.3, 0.4) is 0 Å². The van der Waals surface area contributed by atoms with Gasteiger partial charge in [0.15, 0.2) is 5.13 Å². The van der Waals surface area contributed by atoms with E-state index in [0.717, 1.165) is 26.2 Å². The number of thiazole rings is 1. The molecular weight excluding hydrogens is 280 g/mol. The molecule has 1 N–H and O–H groups in total. The van der Waals surface area contributed by atoms with Crippen molar-refractivity contribution in [3.05, 3.63) is 10.6 Å². The van der Waals surface area contributed by atoms with Gasteiger partial charge in [-0.25, -0.2) is 4.98 Å². The highest BCUT2D eigenvalue weighted by atomic mass is 32.1. The maximum atomic E-state index is 4.80. The smallest absolute Gasteiger partial charge is 0.185 e. The average molecular weight is 313 g/mol. The molecule has 0 radical (unpaired) electrons. The van der Waals surface area contributed by atoms with E-state index in [2.05, 4.69) is 56.9 Å². The van der Waals surface area contributed by atoms with E-state index < -0.39 is 0 Å². The molecule has 0 fully saturated rings. The van der Waals surface area contributed by atoms with Gasteiger partial charge in [0.1, 0.15) is 0 Å². The highest BCUT2D eigenvalue weighted by Crippen LogP contribution is 2.30. The Hall–Kier alpha value is -0.650. The van der Waals surface area contributed by atoms with Gasteiger partial charge in [0.25, 0.3) is 0 Å². The van der Waals surface area contributed by atoms with E-state index in [0.29, 0.717) is 6.04 Å². The summed E-state index contributed by atoms with van der Waals surface area (Å²) in [5.41, 5.74) is 1.18. The molecule has 1 aromatic heterocycles. The van der Waals surface area contributed by atoms with E-state index in [1.807, 2.05) is 11.3 Å². The molecular formula is C16H32N4S. The molecule has 0 bridgehead atoms. The highest BCUT2D eigenvalue weighted by Gasteiger charge is 2.16. The predicted octanol–water partition coefficient (Wildman–Crippen LogP) is 3.29. The summed E-state index contributed by atoms with van der Waals surface area (Å²) >= 11 is 1.85. The molecule has 21 heavy (non-hydrogen) atoms. The van der Waals surface area contributed by atoms with Crippen LogP contribution in [0.2, 0.25) is 0 Å². The monoisotopic (exact) mass is 312 g/mol. The summed E-state index contributed by atoms with van der Waals surface area (Å²) in [6.07, 6.45) is 2.35. The topological polar surface area (TPSA) is 31.4 Å². The molecule has 0 spiro atoms. The molecule has 122 valence electrons. The normalized spacial score (nSPS) is 12.9. The lowest BCUT2D eigenvalue weighted by Gasteiger charge is -2.20. The molecule has 5 heteroatoms. The lowest BCUT2D eigenvalue weighted by molar-refractivity contribution is 0.400. The number of anilines is 1. The number of aromatic nitrogens is 1. The summed E-state index contributed by atoms with van der Waals surface area (Å²) in [5, 5.41) is 4.74. The van der Waals surface area contributed by atoms with E-state index in [9.17, 15) is 0 Å². The van der Waals surface area contributed by atoms with Crippen LogP contribution in [-0.2, 0) is 0 Å². The Kier molecular flexibility index (Phi) is 8.22. The Morgan fingerprint density at radius 1 is 1.24 bits per heavy atom. The molecule has 1 heterocycles. The van der Waals surface area contributed by atoms with Crippen LogP contribution in [-0.4, -0.2) is 50.2 Å². The second kappa shape index (κ2) is 9.38. The van der Waals surface area contributed by atoms with Crippen LogP contribution in [0.1, 0.15) is 50.2 Å². The van der Waals surface area contributed by atoms with E-state index in [-0.39, 0.29) is 0 Å². The maximum absolute atomic E-state index is 4.80. The Bertz CT molecular complexity index is 403. The Balaban J connectivity index is 2.68. The molecule has 0 aliphatic heterocycles. The second-order valence-corrected chi connectivity index (χ2v) is 6.87. The standard InChI is InChI=1S/C16H32N4S/c1-7-10-17-13(3)15-14(4)18-16(21-15)20(8-2)12-9-11-19(5)6/h13,17H,7-12H2,1-6H3. The van der Waals surface area contributed by atoms with Crippen LogP contribution >= 0.6 is 11.3 Å². The van der Waals surface area contributed by atoms with Gasteiger partial charge in [0.05, 0.1) is 5.69 Å². The predicted molar refractivity (Wildman–Crippen MR) is 94.6 cm³/mol. The van der Waals surface area contributed by atoms with Crippen LogP contribution in [0, 0.1) is 6.92 Å². The van der Waals surface area contributed by atoms with E-state index in [1.54, 1.807) is 0 Å². The fourth-order valence-electron chi connectivity index (χ4n) is 2.35. The van der Waals surface area contributed by atoms with Crippen molar-refractivity contribution in [2.45, 2.75) is 46.6 Å². The molecule has 1 rings (SSSR count). The quantitative estimate of drug-likeness (QED) is 0.718. The lowest BCUT2D eigenvalue weighted by Crippen LogP contribution is -2.26. The van der Waals surface area contributed by atoms with Gasteiger partial charge >= 0.3 is 0 Å². The molecule has 0 aromatic carbocycles. The van der Waals surface area contributed by atoms with E-state index >= 15 is 0 Å². The number of nitrogens with zero attached hydrogens (tertiary/aromatic N) is 3. The zero-order chi connectivity index (χ0) is 15.8. The minimum atomic E-state index is 0.400. The molecule has 0 saturated carbocycles. The van der Waals surface area contributed by atoms with Crippen molar-refractivity contribution in [3.8, 4) is 0 Å². The van der Waals surface area contributed by atoms with Crippen molar-refractivity contribution >= 4 is 16.5 Å². The van der Waals surface area contributed by atoms with Gasteiger partial charge in [0.2, 0.25) is 0 Å². The van der Waals surface area contributed by atoms with Gasteiger partial charge in [-0.3, -0.25) is 0 Å². The van der Waals surface area contributed by atoms with Gasteiger partial charge < -0.3 is 15.1 Å².